The number of pyridine rings is 5. The number of hydrogen-bond acceptors (Lipinski definition) is 20. The van der Waals surface area contributed by atoms with Crippen molar-refractivity contribution >= 4 is 225 Å². The van der Waals surface area contributed by atoms with Gasteiger partial charge in [0, 0.05) is 152 Å². The van der Waals surface area contributed by atoms with Gasteiger partial charge in [0.15, 0.2) is 5.43 Å². The number of carbonyl (C=O) groups is 4. The lowest BCUT2D eigenvalue weighted by Gasteiger charge is -2.26. The Bertz CT molecular complexity index is 6050. The van der Waals surface area contributed by atoms with Crippen LogP contribution in [0.15, 0.2) is 69.9 Å². The number of nitrogens with zero attached hydrogens (tertiary/aromatic N) is 8. The van der Waals surface area contributed by atoms with Gasteiger partial charge in [0.1, 0.15) is 55.4 Å². The predicted octanol–water partition coefficient (Wildman–Crippen LogP) is 26.6. The third-order valence-corrected chi connectivity index (χ3v) is 24.9. The Kier molecular flexibility index (Phi) is 43.2. The number of aliphatic hydroxyl groups excluding tert-OH is 1. The van der Waals surface area contributed by atoms with E-state index >= 15 is 0 Å². The van der Waals surface area contributed by atoms with Crippen LogP contribution in [0, 0.1) is 38.2 Å². The molecule has 4 amide bonds. The Hall–Kier alpha value is -6.79. The quantitative estimate of drug-likeness (QED) is 0.0838. The molecule has 6 aliphatic rings. The van der Waals surface area contributed by atoms with Crippen molar-refractivity contribution in [1.82, 2.24) is 49.8 Å². The van der Waals surface area contributed by atoms with Gasteiger partial charge in [0.05, 0.1) is 75.7 Å². The molecule has 16 rings (SSSR count). The molecule has 25 nitrogen and oxygen atoms in total. The van der Waals surface area contributed by atoms with E-state index in [9.17, 15) is 37.1 Å². The molecule has 1 fully saturated rings. The number of nitrogens with one attached hydrogen (secondary N) is 2. The topological polar surface area (TPSA) is 281 Å². The first-order chi connectivity index (χ1) is 65.8. The Balaban J connectivity index is 0.000000189. The lowest BCUT2D eigenvalue weighted by atomic mass is 9.74. The number of halogens is 12. The van der Waals surface area contributed by atoms with Crippen molar-refractivity contribution in [2.24, 2.45) is 0 Å². The molecular weight excluding hydrogens is 2200 g/mol. The van der Waals surface area contributed by atoms with Gasteiger partial charge in [-0.25, -0.2) is 32.3 Å². The highest BCUT2D eigenvalue weighted by Crippen LogP contribution is 2.59. The van der Waals surface area contributed by atoms with E-state index in [-0.39, 0.29) is 84.4 Å². The largest absolute Gasteiger partial charge is 0.490 e. The number of H-pyrrole nitrogens is 1. The fourth-order valence-electron chi connectivity index (χ4n) is 16.7. The standard InChI is InChI=1S/C22H29ClN2O3.C19H22ClFN2O2.C18H19BrClFN2O2.C18H20ClFN2O3.C17H21ClN2O.C3H9B3O3.C3H8O.Br3P/c1-13(2)27-18-8-7-16(23)20-19(18)14(3)15-9-11-25(12-10-17(15)24-20)21(26)28-22(4,5)6;1-11-12-7-9-23(18(24)25-19(2,3)4)10-8-15(12)22-17-13(20)5-6-14(21)16(11)17;1-18(2,3)25-17(24)23-8-6-10-13(7-9-23)22-16-11(20)4-5-12(21)14(16)15(10)19;1-18(2,3)25-17(24)22-8-6-10-13(7-9-22)21-15-11(19)4-5-12(20)14(15)16(10)23;1-10(2)21-15-5-4-13(18)17-16(15)11(3)12-6-8-19-9-7-14(12)20-17;1-4-7-5(2)9-6(3)8-4;1-3(2)4;1-4(2)3/h7-8,13H,9-12H2,1-6H3;5-6H,7-10H2,1-4H3;4-5H,6-9H2,1-3H3;4-5H,6-9H2,1-3H3,(H,21,23);4-5,10,19H,6-9H2,1-3H3;1-3H3;3-4H,1-2H3;. The van der Waals surface area contributed by atoms with E-state index in [2.05, 4.69) is 96.5 Å². The zero-order valence-corrected chi connectivity index (χ0v) is 95.6. The van der Waals surface area contributed by atoms with E-state index in [0.29, 0.717) is 165 Å². The molecule has 6 aliphatic heterocycles. The van der Waals surface area contributed by atoms with Gasteiger partial charge < -0.3 is 77.1 Å². The number of carbonyl (C=O) groups excluding carboxylic acids is 4. The summed E-state index contributed by atoms with van der Waals surface area (Å²) >= 11 is 44.4. The number of aryl methyl sites for hydroxylation is 3. The molecule has 10 aromatic rings. The predicted molar refractivity (Wildman–Crippen MR) is 580 cm³/mol. The molecule has 0 radical (unpaired) electrons. The SMILES string of the molecule is BrP(Br)Br.CB1OB(C)OB(C)O1.CC(C)(C)OC(=O)N1CCc2[nH]c3c(Cl)ccc(F)c3c(=O)c2CC1.CC(C)(C)OC(=O)N1CCc2nc3c(Cl)ccc(F)c3c(Br)c2CC1.CC(C)O.Cc1c2c(nc3c(Cl)ccc(F)c13)CCN(C(=O)OC(C)(C)C)CC2.Cc1c2c(nc3c(Cl)ccc(OC(C)C)c13)CCN(C(=O)OC(C)(C)C)CC2.Cc1c2c(nc3c(Cl)ccc(OC(C)C)c13)CCNCC2. The summed E-state index contributed by atoms with van der Waals surface area (Å²) in [5, 5.41) is 16.8. The number of hydrogen-bond donors (Lipinski definition) is 3. The summed E-state index contributed by atoms with van der Waals surface area (Å²) in [6.45, 7) is 51.4. The maximum absolute atomic E-state index is 14.3. The highest BCUT2D eigenvalue weighted by atomic mass is 80.0. The summed E-state index contributed by atoms with van der Waals surface area (Å²) in [6, 6.07) is 16.0. The van der Waals surface area contributed by atoms with Crippen molar-refractivity contribution < 1.29 is 79.6 Å². The molecule has 0 unspecified atom stereocenters. The van der Waals surface area contributed by atoms with Gasteiger partial charge in [0.25, 0.3) is 0 Å². The highest BCUT2D eigenvalue weighted by Gasteiger charge is 2.36. The minimum Gasteiger partial charge on any atom is -0.490 e. The average Bonchev–Trinajstić information content (AvgIpc) is 1.63. The molecule has 0 spiro atoms. The van der Waals surface area contributed by atoms with E-state index in [1.165, 1.54) is 58.8 Å². The zero-order valence-electron chi connectivity index (χ0n) is 84.6. The van der Waals surface area contributed by atoms with Crippen molar-refractivity contribution in [3.05, 3.63) is 191 Å². The third kappa shape index (κ3) is 33.4. The van der Waals surface area contributed by atoms with Crippen LogP contribution in [0.4, 0.5) is 32.3 Å². The van der Waals surface area contributed by atoms with Crippen molar-refractivity contribution in [2.45, 2.75) is 271 Å². The van der Waals surface area contributed by atoms with E-state index in [4.69, 9.17) is 115 Å². The summed E-state index contributed by atoms with van der Waals surface area (Å²) in [4.78, 5) is 90.9. The van der Waals surface area contributed by atoms with Gasteiger partial charge in [-0.05, 0) is 367 Å². The number of rotatable bonds is 4. The molecule has 3 N–H and O–H groups in total. The number of aromatic nitrogens is 5. The van der Waals surface area contributed by atoms with Gasteiger partial charge in [-0.3, -0.25) is 24.7 Å². The summed E-state index contributed by atoms with van der Waals surface area (Å²) in [7, 11) is -0.406. The van der Waals surface area contributed by atoms with Gasteiger partial charge in [-0.1, -0.05) is 58.0 Å². The van der Waals surface area contributed by atoms with Gasteiger partial charge in [-0.2, -0.15) is 0 Å². The summed E-state index contributed by atoms with van der Waals surface area (Å²) in [6.07, 6.45) is 5.19. The summed E-state index contributed by atoms with van der Waals surface area (Å²) in [5.41, 5.74) is 13.1. The van der Waals surface area contributed by atoms with Crippen LogP contribution in [0.5, 0.6) is 11.5 Å². The van der Waals surface area contributed by atoms with Gasteiger partial charge in [0.2, 0.25) is 0 Å². The molecule has 5 aromatic carbocycles. The van der Waals surface area contributed by atoms with Crippen molar-refractivity contribution in [1.29, 1.82) is 0 Å². The molecule has 1 saturated heterocycles. The lowest BCUT2D eigenvalue weighted by Crippen LogP contribution is -2.44. The maximum atomic E-state index is 14.3. The van der Waals surface area contributed by atoms with E-state index < -0.39 is 34.3 Å². The van der Waals surface area contributed by atoms with Crippen LogP contribution in [0.25, 0.3) is 54.5 Å². The van der Waals surface area contributed by atoms with Crippen LogP contribution in [-0.2, 0) is 96.9 Å². The summed E-state index contributed by atoms with van der Waals surface area (Å²) < 4.78 is 92.4. The Morgan fingerprint density at radius 1 is 0.418 bits per heavy atom. The van der Waals surface area contributed by atoms with Gasteiger partial charge >= 0.3 is 45.7 Å². The first kappa shape index (κ1) is 118. The molecule has 0 bridgehead atoms. The fraction of sp³-hybridized carbons (Fsp3) is 0.510. The first-order valence-electron chi connectivity index (χ1n) is 47.1. The van der Waals surface area contributed by atoms with E-state index in [1.54, 1.807) is 54.2 Å². The van der Waals surface area contributed by atoms with Crippen molar-refractivity contribution in [2.75, 3.05) is 65.4 Å². The van der Waals surface area contributed by atoms with Crippen LogP contribution in [0.1, 0.15) is 198 Å². The Labute approximate surface area is 885 Å². The molecule has 0 atom stereocenters. The third-order valence-electron chi connectivity index (χ3n) is 22.5. The van der Waals surface area contributed by atoms with Crippen LogP contribution in [0.3, 0.4) is 0 Å². The first-order valence-corrected chi connectivity index (χ1v) is 57.2. The molecule has 0 saturated carbocycles. The fourth-order valence-corrected chi connectivity index (χ4v) is 18.5. The monoisotopic (exact) mass is 2320 g/mol. The molecule has 141 heavy (non-hydrogen) atoms. The molecule has 0 aliphatic carbocycles. The van der Waals surface area contributed by atoms with Crippen LogP contribution >= 0.6 is 124 Å². The molecule has 11 heterocycles. The molecule has 41 heteroatoms. The highest BCUT2D eigenvalue weighted by molar-refractivity contribution is 9.93. The number of aromatic amines is 1. The summed E-state index contributed by atoms with van der Waals surface area (Å²) in [5.74, 6) is 0.400. The van der Waals surface area contributed by atoms with E-state index in [0.717, 1.165) is 105 Å². The number of aliphatic hydroxyl groups is 1. The Morgan fingerprint density at radius 3 is 1.06 bits per heavy atom. The van der Waals surface area contributed by atoms with Crippen molar-refractivity contribution in [3.8, 4) is 11.5 Å². The average molecular weight is 2330 g/mol. The number of amides is 4. The number of benzene rings is 5. The number of ether oxygens (including phenoxy) is 6. The maximum Gasteiger partial charge on any atom is 0.426 e. The molecule has 766 valence electrons. The Morgan fingerprint density at radius 2 is 0.695 bits per heavy atom. The van der Waals surface area contributed by atoms with Crippen molar-refractivity contribution in [3.63, 3.8) is 0 Å². The zero-order chi connectivity index (χ0) is 105. The minimum absolute atomic E-state index is 0.0306. The minimum atomic E-state index is -0.600. The van der Waals surface area contributed by atoms with Gasteiger partial charge in [-0.15, -0.1) is 0 Å². The normalized spacial score (nSPS) is 15.0. The van der Waals surface area contributed by atoms with Crippen LogP contribution in [-0.4, -0.2) is 202 Å². The lowest BCUT2D eigenvalue weighted by molar-refractivity contribution is 0.0247. The second-order valence-corrected chi connectivity index (χ2v) is 57.6. The molecular formula is C100H128B3Br4Cl5F3N10O15P. The van der Waals surface area contributed by atoms with Crippen LogP contribution in [0.2, 0.25) is 45.6 Å². The molecule has 5 aromatic heterocycles. The smallest absolute Gasteiger partial charge is 0.426 e. The number of fused-ring (bicyclic) bond motifs is 10. The second kappa shape index (κ2) is 51.7. The second-order valence-electron chi connectivity index (χ2n) is 39.4. The van der Waals surface area contributed by atoms with E-state index in [1.807, 2.05) is 142 Å². The van der Waals surface area contributed by atoms with Crippen LogP contribution < -0.4 is 20.2 Å².